The van der Waals surface area contributed by atoms with Crippen LogP contribution in [0.4, 0.5) is 0 Å². The molecule has 0 atom stereocenters. The zero-order valence-corrected chi connectivity index (χ0v) is 19.6. The van der Waals surface area contributed by atoms with E-state index in [1.54, 1.807) is 7.11 Å². The van der Waals surface area contributed by atoms with Gasteiger partial charge in [-0.3, -0.25) is 9.78 Å². The molecule has 0 aliphatic carbocycles. The average Bonchev–Trinajstić information content (AvgIpc) is 2.88. The first-order valence-electron chi connectivity index (χ1n) is 11.2. The van der Waals surface area contributed by atoms with E-state index in [4.69, 9.17) is 17.0 Å². The van der Waals surface area contributed by atoms with Crippen LogP contribution in [0, 0.1) is 4.77 Å². The fraction of sp³-hybridized carbons (Fsp3) is 0.103. The van der Waals surface area contributed by atoms with Crippen molar-refractivity contribution >= 4 is 23.0 Å². The Bertz CT molecular complexity index is 1570. The van der Waals surface area contributed by atoms with Gasteiger partial charge in [-0.1, -0.05) is 91.0 Å². The van der Waals surface area contributed by atoms with Gasteiger partial charge in [-0.25, -0.2) is 0 Å². The molecule has 0 spiro atoms. The molecule has 168 valence electrons. The van der Waals surface area contributed by atoms with E-state index >= 15 is 0 Å². The van der Waals surface area contributed by atoms with Crippen LogP contribution in [-0.4, -0.2) is 16.7 Å². The van der Waals surface area contributed by atoms with Crippen LogP contribution < -0.4 is 10.3 Å². The van der Waals surface area contributed by atoms with Crippen molar-refractivity contribution in [1.82, 2.24) is 9.55 Å². The highest BCUT2D eigenvalue weighted by molar-refractivity contribution is 7.71. The van der Waals surface area contributed by atoms with Gasteiger partial charge < -0.3 is 9.30 Å². The number of H-pyrrole nitrogens is 1. The summed E-state index contributed by atoms with van der Waals surface area (Å²) in [6, 6.07) is 32.3. The maximum atomic E-state index is 13.4. The second-order valence-corrected chi connectivity index (χ2v) is 8.56. The summed E-state index contributed by atoms with van der Waals surface area (Å²) in [5.41, 5.74) is 4.34. The highest BCUT2D eigenvalue weighted by Gasteiger charge is 2.19. The zero-order valence-electron chi connectivity index (χ0n) is 18.8. The van der Waals surface area contributed by atoms with Crippen molar-refractivity contribution in [3.05, 3.63) is 129 Å². The average molecular weight is 465 g/mol. The Morgan fingerprint density at radius 2 is 1.50 bits per heavy atom. The molecule has 0 saturated heterocycles. The number of rotatable bonds is 6. The number of aromatic amines is 1. The molecule has 1 N–H and O–H groups in total. The molecule has 5 aromatic rings. The fourth-order valence-corrected chi connectivity index (χ4v) is 4.73. The van der Waals surface area contributed by atoms with E-state index in [1.165, 1.54) is 0 Å². The minimum Gasteiger partial charge on any atom is -0.496 e. The van der Waals surface area contributed by atoms with E-state index in [-0.39, 0.29) is 5.56 Å². The number of hydrogen-bond donors (Lipinski definition) is 1. The van der Waals surface area contributed by atoms with Gasteiger partial charge in [0.1, 0.15) is 5.75 Å². The van der Waals surface area contributed by atoms with E-state index < -0.39 is 0 Å². The van der Waals surface area contributed by atoms with Gasteiger partial charge in [0, 0.05) is 17.5 Å². The van der Waals surface area contributed by atoms with Crippen LogP contribution in [0.3, 0.4) is 0 Å². The van der Waals surface area contributed by atoms with Crippen molar-refractivity contribution in [3.8, 4) is 17.0 Å². The van der Waals surface area contributed by atoms with Gasteiger partial charge in [-0.15, -0.1) is 0 Å². The number of ether oxygens (including phenoxy) is 1. The molecule has 4 aromatic carbocycles. The lowest BCUT2D eigenvalue weighted by Gasteiger charge is -2.19. The second kappa shape index (κ2) is 9.49. The summed E-state index contributed by atoms with van der Waals surface area (Å²) >= 11 is 5.66. The van der Waals surface area contributed by atoms with Gasteiger partial charge in [-0.05, 0) is 40.2 Å². The molecule has 0 unspecified atom stereocenters. The highest BCUT2D eigenvalue weighted by atomic mass is 32.1. The van der Waals surface area contributed by atoms with Gasteiger partial charge in [0.15, 0.2) is 4.77 Å². The number of aromatic nitrogens is 2. The molecule has 5 rings (SSSR count). The number of nitrogens with zero attached hydrogens (tertiary/aromatic N) is 1. The summed E-state index contributed by atoms with van der Waals surface area (Å²) in [6.45, 7) is 0.556. The quantitative estimate of drug-likeness (QED) is 0.297. The molecule has 34 heavy (non-hydrogen) atoms. The van der Waals surface area contributed by atoms with E-state index in [1.807, 2.05) is 77.4 Å². The largest absolute Gasteiger partial charge is 0.496 e. The molecule has 5 heteroatoms. The third kappa shape index (κ3) is 4.18. The number of benzene rings is 4. The Morgan fingerprint density at radius 1 is 0.824 bits per heavy atom. The summed E-state index contributed by atoms with van der Waals surface area (Å²) in [7, 11) is 1.66. The van der Waals surface area contributed by atoms with Crippen molar-refractivity contribution in [2.45, 2.75) is 13.0 Å². The monoisotopic (exact) mass is 464 g/mol. The van der Waals surface area contributed by atoms with Crippen LogP contribution in [0.25, 0.3) is 22.0 Å². The molecule has 0 bridgehead atoms. The smallest absolute Gasteiger partial charge is 0.255 e. The van der Waals surface area contributed by atoms with Crippen LogP contribution in [-0.2, 0) is 13.0 Å². The summed E-state index contributed by atoms with van der Waals surface area (Å²) in [5, 5.41) is 2.17. The first kappa shape index (κ1) is 21.9. The number of methoxy groups -OCH3 is 1. The first-order valence-corrected chi connectivity index (χ1v) is 11.6. The minimum absolute atomic E-state index is 0.178. The van der Waals surface area contributed by atoms with E-state index in [0.29, 0.717) is 23.3 Å². The van der Waals surface area contributed by atoms with Gasteiger partial charge in [-0.2, -0.15) is 0 Å². The predicted molar refractivity (Wildman–Crippen MR) is 140 cm³/mol. The first-order chi connectivity index (χ1) is 16.7. The summed E-state index contributed by atoms with van der Waals surface area (Å²) in [5.74, 6) is 0.758. The summed E-state index contributed by atoms with van der Waals surface area (Å²) in [4.78, 5) is 16.3. The van der Waals surface area contributed by atoms with E-state index in [0.717, 1.165) is 38.9 Å². The van der Waals surface area contributed by atoms with Crippen molar-refractivity contribution in [2.75, 3.05) is 7.11 Å². The Kier molecular flexibility index (Phi) is 6.11. The Morgan fingerprint density at radius 3 is 2.24 bits per heavy atom. The zero-order chi connectivity index (χ0) is 23.5. The second-order valence-electron chi connectivity index (χ2n) is 8.17. The van der Waals surface area contributed by atoms with Gasteiger partial charge in [0.25, 0.3) is 5.56 Å². The minimum atomic E-state index is -0.178. The molecule has 4 nitrogen and oxygen atoms in total. The predicted octanol–water partition coefficient (Wildman–Crippen LogP) is 6.37. The maximum Gasteiger partial charge on any atom is 0.255 e. The van der Waals surface area contributed by atoms with E-state index in [9.17, 15) is 4.79 Å². The van der Waals surface area contributed by atoms with Gasteiger partial charge in [0.2, 0.25) is 0 Å². The molecule has 0 saturated carbocycles. The third-order valence-electron chi connectivity index (χ3n) is 6.10. The molecular weight excluding hydrogens is 440 g/mol. The lowest BCUT2D eigenvalue weighted by molar-refractivity contribution is 0.411. The summed E-state index contributed by atoms with van der Waals surface area (Å²) in [6.07, 6.45) is 0.411. The third-order valence-corrected chi connectivity index (χ3v) is 6.42. The van der Waals surface area contributed by atoms with Crippen LogP contribution in [0.1, 0.15) is 16.7 Å². The lowest BCUT2D eigenvalue weighted by Crippen LogP contribution is -2.22. The molecule has 0 amide bonds. The maximum absolute atomic E-state index is 13.4. The van der Waals surface area contributed by atoms with Crippen LogP contribution in [0.2, 0.25) is 0 Å². The Hall–Kier alpha value is -3.96. The SMILES string of the molecule is COc1ccc2ccccc2c1Cc1c(-c2ccccc2)n(Cc2ccccc2)c(=S)[nH]c1=O. The fourth-order valence-electron chi connectivity index (χ4n) is 4.49. The molecule has 1 heterocycles. The lowest BCUT2D eigenvalue weighted by atomic mass is 9.95. The number of hydrogen-bond acceptors (Lipinski definition) is 3. The number of nitrogens with one attached hydrogen (secondary N) is 1. The molecule has 0 fully saturated rings. The van der Waals surface area contributed by atoms with Crippen molar-refractivity contribution in [3.63, 3.8) is 0 Å². The molecule has 1 aromatic heterocycles. The highest BCUT2D eigenvalue weighted by Crippen LogP contribution is 2.32. The van der Waals surface area contributed by atoms with Crippen molar-refractivity contribution < 1.29 is 4.74 Å². The molecular formula is C29H24N2O2S. The van der Waals surface area contributed by atoms with Crippen molar-refractivity contribution in [1.29, 1.82) is 0 Å². The van der Waals surface area contributed by atoms with Crippen LogP contribution in [0.15, 0.2) is 102 Å². The molecule has 0 aliphatic rings. The van der Waals surface area contributed by atoms with Gasteiger partial charge in [0.05, 0.1) is 19.3 Å². The van der Waals surface area contributed by atoms with Gasteiger partial charge >= 0.3 is 0 Å². The Balaban J connectivity index is 1.77. The van der Waals surface area contributed by atoms with Crippen LogP contribution in [0.5, 0.6) is 5.75 Å². The summed E-state index contributed by atoms with van der Waals surface area (Å²) < 4.78 is 8.15. The topological polar surface area (TPSA) is 47.0 Å². The molecule has 0 aliphatic heterocycles. The van der Waals surface area contributed by atoms with Crippen LogP contribution >= 0.6 is 12.2 Å². The van der Waals surface area contributed by atoms with E-state index in [2.05, 4.69) is 29.2 Å². The normalized spacial score (nSPS) is 11.0. The molecule has 0 radical (unpaired) electrons. The Labute approximate surface area is 203 Å². The standard InChI is InChI=1S/C29H24N2O2S/c1-33-26-17-16-21-12-8-9-15-23(21)24(26)18-25-27(22-13-6-3-7-14-22)31(29(34)30-28(25)32)19-20-10-4-2-5-11-20/h2-17H,18-19H2,1H3,(H,30,32,34). The van der Waals surface area contributed by atoms with Crippen molar-refractivity contribution in [2.24, 2.45) is 0 Å². The number of fused-ring (bicyclic) bond motifs is 1.